The number of benzene rings is 2. The van der Waals surface area contributed by atoms with E-state index in [0.717, 1.165) is 73.1 Å². The maximum absolute atomic E-state index is 13.4. The summed E-state index contributed by atoms with van der Waals surface area (Å²) in [4.78, 5) is 18.2. The Kier molecular flexibility index (Phi) is 6.98. The molecule has 8 nitrogen and oxygen atoms in total. The standard InChI is InChI=1S/C28H35N5O3/c1-19-5-6-24(33-17-25(18-33)32-7-9-36-10-8-32)14-27(19)28(34)30-20(2)21-11-22(13-26(12-21)35-4)23-15-29-31(3)16-23/h5-6,11-16,20,25H,7-10,17-18H2,1-4H3,(H,30,34). The molecule has 3 aromatic rings. The van der Waals surface area contributed by atoms with Crippen LogP contribution in [0.25, 0.3) is 11.1 Å². The van der Waals surface area contributed by atoms with E-state index < -0.39 is 0 Å². The predicted octanol–water partition coefficient (Wildman–Crippen LogP) is 3.42. The maximum Gasteiger partial charge on any atom is 0.252 e. The Morgan fingerprint density at radius 3 is 2.61 bits per heavy atom. The van der Waals surface area contributed by atoms with Gasteiger partial charge in [0, 0.05) is 62.3 Å². The van der Waals surface area contributed by atoms with Crippen LogP contribution in [0.5, 0.6) is 5.75 Å². The highest BCUT2D eigenvalue weighted by Gasteiger charge is 2.33. The molecule has 3 heterocycles. The largest absolute Gasteiger partial charge is 0.497 e. The van der Waals surface area contributed by atoms with Crippen molar-refractivity contribution < 1.29 is 14.3 Å². The number of aromatic nitrogens is 2. The Hall–Kier alpha value is -3.36. The normalized spacial score (nSPS) is 17.5. The molecular formula is C28H35N5O3. The van der Waals surface area contributed by atoms with Gasteiger partial charge in [-0.2, -0.15) is 5.10 Å². The van der Waals surface area contributed by atoms with E-state index in [4.69, 9.17) is 9.47 Å². The van der Waals surface area contributed by atoms with Gasteiger partial charge in [0.15, 0.2) is 0 Å². The second kappa shape index (κ2) is 10.3. The molecule has 1 aromatic heterocycles. The number of carbonyl (C=O) groups is 1. The second-order valence-electron chi connectivity index (χ2n) is 9.80. The Bertz CT molecular complexity index is 1230. The van der Waals surface area contributed by atoms with Crippen molar-refractivity contribution in [3.63, 3.8) is 0 Å². The molecule has 2 fully saturated rings. The number of hydrogen-bond acceptors (Lipinski definition) is 6. The monoisotopic (exact) mass is 489 g/mol. The summed E-state index contributed by atoms with van der Waals surface area (Å²) in [5.74, 6) is 0.677. The third-order valence-electron chi connectivity index (χ3n) is 7.31. The fourth-order valence-electron chi connectivity index (χ4n) is 4.98. The van der Waals surface area contributed by atoms with E-state index in [1.54, 1.807) is 11.8 Å². The first kappa shape index (κ1) is 24.3. The van der Waals surface area contributed by atoms with Crippen molar-refractivity contribution in [3.05, 3.63) is 65.5 Å². The lowest BCUT2D eigenvalue weighted by molar-refractivity contribution is 0.0105. The third kappa shape index (κ3) is 5.10. The van der Waals surface area contributed by atoms with Gasteiger partial charge in [0.25, 0.3) is 5.91 Å². The summed E-state index contributed by atoms with van der Waals surface area (Å²) in [6.45, 7) is 9.61. The summed E-state index contributed by atoms with van der Waals surface area (Å²) in [6.07, 6.45) is 3.80. The molecule has 1 atom stereocenters. The molecule has 0 radical (unpaired) electrons. The smallest absolute Gasteiger partial charge is 0.252 e. The zero-order valence-electron chi connectivity index (χ0n) is 21.5. The molecule has 1 N–H and O–H groups in total. The Labute approximate surface area is 212 Å². The first-order chi connectivity index (χ1) is 17.4. The molecule has 0 aliphatic carbocycles. The molecule has 5 rings (SSSR count). The summed E-state index contributed by atoms with van der Waals surface area (Å²) < 4.78 is 12.8. The van der Waals surface area contributed by atoms with Gasteiger partial charge in [0.2, 0.25) is 0 Å². The number of morpholine rings is 1. The van der Waals surface area contributed by atoms with E-state index in [0.29, 0.717) is 11.6 Å². The third-order valence-corrected chi connectivity index (χ3v) is 7.31. The van der Waals surface area contributed by atoms with Crippen LogP contribution in [0.1, 0.15) is 34.5 Å². The summed E-state index contributed by atoms with van der Waals surface area (Å²) in [7, 11) is 3.55. The summed E-state index contributed by atoms with van der Waals surface area (Å²) in [5, 5.41) is 7.48. The SMILES string of the molecule is COc1cc(-c2cnn(C)c2)cc(C(C)NC(=O)c2cc(N3CC(N4CCOCC4)C3)ccc2C)c1. The number of ether oxygens (including phenoxy) is 2. The first-order valence-electron chi connectivity index (χ1n) is 12.6. The number of rotatable bonds is 7. The van der Waals surface area contributed by atoms with Crippen LogP contribution in [-0.4, -0.2) is 73.1 Å². The van der Waals surface area contributed by atoms with E-state index >= 15 is 0 Å². The van der Waals surface area contributed by atoms with E-state index in [2.05, 4.69) is 32.3 Å². The van der Waals surface area contributed by atoms with Crippen LogP contribution in [0.4, 0.5) is 5.69 Å². The topological polar surface area (TPSA) is 71.9 Å². The lowest BCUT2D eigenvalue weighted by Crippen LogP contribution is -2.61. The molecule has 1 amide bonds. The average molecular weight is 490 g/mol. The molecule has 0 spiro atoms. The summed E-state index contributed by atoms with van der Waals surface area (Å²) in [6, 6.07) is 12.6. The van der Waals surface area contributed by atoms with Crippen LogP contribution in [0.15, 0.2) is 48.8 Å². The molecule has 2 aromatic carbocycles. The van der Waals surface area contributed by atoms with Crippen molar-refractivity contribution in [1.29, 1.82) is 0 Å². The van der Waals surface area contributed by atoms with Crippen LogP contribution in [0, 0.1) is 6.92 Å². The van der Waals surface area contributed by atoms with Gasteiger partial charge in [-0.3, -0.25) is 14.4 Å². The molecule has 2 saturated heterocycles. The number of nitrogens with one attached hydrogen (secondary N) is 1. The molecule has 2 aliphatic rings. The molecule has 36 heavy (non-hydrogen) atoms. The zero-order valence-corrected chi connectivity index (χ0v) is 21.5. The van der Waals surface area contributed by atoms with Gasteiger partial charge in [-0.05, 0) is 60.9 Å². The van der Waals surface area contributed by atoms with Crippen LogP contribution >= 0.6 is 0 Å². The number of methoxy groups -OCH3 is 1. The van der Waals surface area contributed by atoms with Crippen molar-refractivity contribution in [2.75, 3.05) is 51.4 Å². The van der Waals surface area contributed by atoms with E-state index in [1.165, 1.54) is 0 Å². The first-order valence-corrected chi connectivity index (χ1v) is 12.6. The predicted molar refractivity (Wildman–Crippen MR) is 141 cm³/mol. The second-order valence-corrected chi connectivity index (χ2v) is 9.80. The number of carbonyl (C=O) groups excluding carboxylic acids is 1. The van der Waals surface area contributed by atoms with Gasteiger partial charge in [-0.15, -0.1) is 0 Å². The van der Waals surface area contributed by atoms with Crippen molar-refractivity contribution >= 4 is 11.6 Å². The Morgan fingerprint density at radius 1 is 1.14 bits per heavy atom. The number of anilines is 1. The molecule has 1 unspecified atom stereocenters. The average Bonchev–Trinajstić information content (AvgIpc) is 3.30. The van der Waals surface area contributed by atoms with Crippen LogP contribution < -0.4 is 15.0 Å². The fraction of sp³-hybridized carbons (Fsp3) is 0.429. The lowest BCUT2D eigenvalue weighted by Gasteiger charge is -2.47. The van der Waals surface area contributed by atoms with Crippen LogP contribution in [0.2, 0.25) is 0 Å². The lowest BCUT2D eigenvalue weighted by atomic mass is 9.99. The van der Waals surface area contributed by atoms with E-state index in [1.807, 2.05) is 57.6 Å². The minimum absolute atomic E-state index is 0.0714. The van der Waals surface area contributed by atoms with Crippen molar-refractivity contribution in [2.45, 2.75) is 25.9 Å². The summed E-state index contributed by atoms with van der Waals surface area (Å²) >= 11 is 0. The Morgan fingerprint density at radius 2 is 1.92 bits per heavy atom. The highest BCUT2D eigenvalue weighted by atomic mass is 16.5. The van der Waals surface area contributed by atoms with Gasteiger partial charge in [-0.1, -0.05) is 6.07 Å². The molecule has 0 bridgehead atoms. The highest BCUT2D eigenvalue weighted by Crippen LogP contribution is 2.30. The van der Waals surface area contributed by atoms with Gasteiger partial charge in [-0.25, -0.2) is 0 Å². The van der Waals surface area contributed by atoms with Crippen LogP contribution in [-0.2, 0) is 11.8 Å². The van der Waals surface area contributed by atoms with E-state index in [-0.39, 0.29) is 11.9 Å². The van der Waals surface area contributed by atoms with Crippen molar-refractivity contribution in [3.8, 4) is 16.9 Å². The van der Waals surface area contributed by atoms with Gasteiger partial charge in [0.1, 0.15) is 5.75 Å². The quantitative estimate of drug-likeness (QED) is 0.549. The molecule has 2 aliphatic heterocycles. The van der Waals surface area contributed by atoms with Gasteiger partial charge < -0.3 is 19.7 Å². The van der Waals surface area contributed by atoms with Crippen molar-refractivity contribution in [2.24, 2.45) is 7.05 Å². The molecule has 8 heteroatoms. The number of nitrogens with zero attached hydrogens (tertiary/aromatic N) is 4. The number of amides is 1. The summed E-state index contributed by atoms with van der Waals surface area (Å²) in [5.41, 5.74) is 5.77. The Balaban J connectivity index is 1.29. The van der Waals surface area contributed by atoms with Gasteiger partial charge in [0.05, 0.1) is 32.6 Å². The molecular weight excluding hydrogens is 454 g/mol. The molecule has 0 saturated carbocycles. The zero-order chi connectivity index (χ0) is 25.2. The number of aryl methyl sites for hydroxylation is 2. The minimum Gasteiger partial charge on any atom is -0.497 e. The minimum atomic E-state index is -0.194. The van der Waals surface area contributed by atoms with E-state index in [9.17, 15) is 4.79 Å². The van der Waals surface area contributed by atoms with Crippen molar-refractivity contribution in [1.82, 2.24) is 20.0 Å². The molecule has 190 valence electrons. The van der Waals surface area contributed by atoms with Crippen LogP contribution in [0.3, 0.4) is 0 Å². The maximum atomic E-state index is 13.4. The van der Waals surface area contributed by atoms with Gasteiger partial charge >= 0.3 is 0 Å². The number of hydrogen-bond donors (Lipinski definition) is 1. The fourth-order valence-corrected chi connectivity index (χ4v) is 4.98. The highest BCUT2D eigenvalue weighted by molar-refractivity contribution is 5.97.